The Morgan fingerprint density at radius 1 is 0.962 bits per heavy atom. The number of likely N-dealkylation sites (N-methyl/N-ethyl adjacent to an activating group) is 1. The highest BCUT2D eigenvalue weighted by Crippen LogP contribution is 2.18. The lowest BCUT2D eigenvalue weighted by Crippen LogP contribution is -2.48. The zero-order chi connectivity index (χ0) is 19.1. The van der Waals surface area contributed by atoms with Gasteiger partial charge in [0, 0.05) is 13.6 Å². The third-order valence-electron chi connectivity index (χ3n) is 4.84. The highest BCUT2D eigenvalue weighted by Gasteiger charge is 2.28. The lowest BCUT2D eigenvalue weighted by atomic mass is 10.0. The zero-order valence-electron chi connectivity index (χ0n) is 16.1. The predicted octanol–water partition coefficient (Wildman–Crippen LogP) is 3.40. The fraction of sp³-hybridized carbons (Fsp3) is 0.364. The van der Waals surface area contributed by atoms with E-state index in [1.165, 1.54) is 0 Å². The molecule has 0 unspecified atom stereocenters. The summed E-state index contributed by atoms with van der Waals surface area (Å²) in [4.78, 5) is 27.2. The average Bonchev–Trinajstić information content (AvgIpc) is 2.64. The van der Waals surface area contributed by atoms with Gasteiger partial charge in [-0.25, -0.2) is 0 Å². The lowest BCUT2D eigenvalue weighted by molar-refractivity contribution is -0.140. The molecule has 0 spiro atoms. The molecule has 0 saturated carbocycles. The molecule has 4 nitrogen and oxygen atoms in total. The van der Waals surface area contributed by atoms with Gasteiger partial charge >= 0.3 is 0 Å². The van der Waals surface area contributed by atoms with Crippen LogP contribution in [0.4, 0.5) is 0 Å². The number of rotatable bonds is 7. The highest BCUT2D eigenvalue weighted by atomic mass is 16.2. The Kier molecular flexibility index (Phi) is 6.96. The van der Waals surface area contributed by atoms with Crippen molar-refractivity contribution < 1.29 is 9.59 Å². The number of hydrogen-bond acceptors (Lipinski definition) is 2. The molecule has 0 bridgehead atoms. The summed E-state index contributed by atoms with van der Waals surface area (Å²) >= 11 is 0. The summed E-state index contributed by atoms with van der Waals surface area (Å²) in [5, 5.41) is 2.69. The molecule has 0 aromatic heterocycles. The first kappa shape index (κ1) is 19.7. The smallest absolute Gasteiger partial charge is 0.242 e. The van der Waals surface area contributed by atoms with Crippen LogP contribution < -0.4 is 5.32 Å². The predicted molar refractivity (Wildman–Crippen MR) is 105 cm³/mol. The van der Waals surface area contributed by atoms with Crippen molar-refractivity contribution in [3.8, 4) is 0 Å². The molecule has 2 rings (SSSR count). The number of amides is 2. The number of carbonyl (C=O) groups excluding carboxylic acids is 2. The quantitative estimate of drug-likeness (QED) is 0.830. The van der Waals surface area contributed by atoms with E-state index in [2.05, 4.69) is 5.32 Å². The van der Waals surface area contributed by atoms with Crippen LogP contribution in [0.5, 0.6) is 0 Å². The molecule has 2 aromatic carbocycles. The second kappa shape index (κ2) is 9.18. The average molecular weight is 352 g/mol. The van der Waals surface area contributed by atoms with Crippen molar-refractivity contribution in [1.29, 1.82) is 0 Å². The van der Waals surface area contributed by atoms with Crippen molar-refractivity contribution >= 4 is 11.8 Å². The Morgan fingerprint density at radius 2 is 1.50 bits per heavy atom. The van der Waals surface area contributed by atoms with E-state index >= 15 is 0 Å². The first-order chi connectivity index (χ1) is 12.5. The minimum absolute atomic E-state index is 0.0296. The maximum atomic E-state index is 13.1. The molecule has 0 saturated heterocycles. The standard InChI is InChI=1S/C22H28N2O2/c1-5-20(22(26)23-4)24(15-19-13-9-7-11-17(19)3)21(25)14-18-12-8-6-10-16(18)2/h6-13,20H,5,14-15H2,1-4H3,(H,23,26)/t20-/m0/s1. The molecule has 2 aromatic rings. The number of nitrogens with one attached hydrogen (secondary N) is 1. The van der Waals surface area contributed by atoms with Gasteiger partial charge in [-0.15, -0.1) is 0 Å². The fourth-order valence-electron chi connectivity index (χ4n) is 3.13. The maximum absolute atomic E-state index is 13.1. The summed E-state index contributed by atoms with van der Waals surface area (Å²) in [7, 11) is 1.61. The summed E-state index contributed by atoms with van der Waals surface area (Å²) in [6, 6.07) is 15.4. The van der Waals surface area contributed by atoms with Crippen molar-refractivity contribution in [2.24, 2.45) is 0 Å². The lowest BCUT2D eigenvalue weighted by Gasteiger charge is -2.31. The Hall–Kier alpha value is -2.62. The van der Waals surface area contributed by atoms with Crippen LogP contribution in [-0.4, -0.2) is 29.8 Å². The first-order valence-electron chi connectivity index (χ1n) is 9.08. The van der Waals surface area contributed by atoms with Crippen LogP contribution in [0, 0.1) is 13.8 Å². The van der Waals surface area contributed by atoms with E-state index < -0.39 is 6.04 Å². The van der Waals surface area contributed by atoms with Crippen molar-refractivity contribution in [3.05, 3.63) is 70.8 Å². The Labute approximate surface area is 156 Å². The molecule has 2 amide bonds. The Morgan fingerprint density at radius 3 is 2.00 bits per heavy atom. The second-order valence-electron chi connectivity index (χ2n) is 6.59. The normalized spacial score (nSPS) is 11.7. The van der Waals surface area contributed by atoms with Crippen molar-refractivity contribution in [2.45, 2.75) is 46.2 Å². The maximum Gasteiger partial charge on any atom is 0.242 e. The molecule has 1 atom stereocenters. The molecule has 0 fully saturated rings. The minimum atomic E-state index is -0.476. The molecule has 138 valence electrons. The molecule has 26 heavy (non-hydrogen) atoms. The summed E-state index contributed by atoms with van der Waals surface area (Å²) < 4.78 is 0. The molecule has 0 aliphatic heterocycles. The van der Waals surface area contributed by atoms with Gasteiger partial charge in [0.15, 0.2) is 0 Å². The number of benzene rings is 2. The van der Waals surface area contributed by atoms with E-state index in [-0.39, 0.29) is 11.8 Å². The van der Waals surface area contributed by atoms with E-state index in [1.54, 1.807) is 11.9 Å². The van der Waals surface area contributed by atoms with Gasteiger partial charge in [0.25, 0.3) is 0 Å². The van der Waals surface area contributed by atoms with Gasteiger partial charge in [-0.05, 0) is 42.5 Å². The number of aryl methyl sites for hydroxylation is 2. The van der Waals surface area contributed by atoms with Crippen molar-refractivity contribution in [1.82, 2.24) is 10.2 Å². The van der Waals surface area contributed by atoms with Crippen LogP contribution in [0.2, 0.25) is 0 Å². The van der Waals surface area contributed by atoms with E-state index in [0.717, 1.165) is 22.3 Å². The Bertz CT molecular complexity index is 770. The highest BCUT2D eigenvalue weighted by molar-refractivity contribution is 5.88. The van der Waals surface area contributed by atoms with E-state index in [1.807, 2.05) is 69.3 Å². The molecule has 4 heteroatoms. The van der Waals surface area contributed by atoms with Gasteiger partial charge in [0.05, 0.1) is 6.42 Å². The minimum Gasteiger partial charge on any atom is -0.357 e. The van der Waals surface area contributed by atoms with Crippen LogP contribution in [0.1, 0.15) is 35.6 Å². The third-order valence-corrected chi connectivity index (χ3v) is 4.84. The summed E-state index contributed by atoms with van der Waals surface area (Å²) in [6.07, 6.45) is 0.872. The molecule has 0 heterocycles. The summed E-state index contributed by atoms with van der Waals surface area (Å²) in [5.41, 5.74) is 4.27. The Balaban J connectivity index is 2.32. The number of hydrogen-bond donors (Lipinski definition) is 1. The van der Waals surface area contributed by atoms with Crippen molar-refractivity contribution in [2.75, 3.05) is 7.05 Å². The van der Waals surface area contributed by atoms with Crippen LogP contribution >= 0.6 is 0 Å². The topological polar surface area (TPSA) is 49.4 Å². The fourth-order valence-corrected chi connectivity index (χ4v) is 3.13. The SMILES string of the molecule is CC[C@@H](C(=O)NC)N(Cc1ccccc1C)C(=O)Cc1ccccc1C. The van der Waals surface area contributed by atoms with Gasteiger partial charge in [-0.2, -0.15) is 0 Å². The van der Waals surface area contributed by atoms with Gasteiger partial charge in [0.1, 0.15) is 6.04 Å². The van der Waals surface area contributed by atoms with E-state index in [9.17, 15) is 9.59 Å². The zero-order valence-corrected chi connectivity index (χ0v) is 16.1. The molecule has 0 radical (unpaired) electrons. The van der Waals surface area contributed by atoms with Gasteiger partial charge in [-0.1, -0.05) is 55.5 Å². The van der Waals surface area contributed by atoms with Crippen molar-refractivity contribution in [3.63, 3.8) is 0 Å². The molecule has 1 N–H and O–H groups in total. The number of carbonyl (C=O) groups is 2. The first-order valence-corrected chi connectivity index (χ1v) is 9.08. The summed E-state index contributed by atoms with van der Waals surface area (Å²) in [6.45, 7) is 6.40. The molecule has 0 aliphatic carbocycles. The van der Waals surface area contributed by atoms with E-state index in [4.69, 9.17) is 0 Å². The summed E-state index contributed by atoms with van der Waals surface area (Å²) in [5.74, 6) is -0.155. The van der Waals surface area contributed by atoms with Gasteiger partial charge in [0.2, 0.25) is 11.8 Å². The van der Waals surface area contributed by atoms with Crippen LogP contribution in [0.3, 0.4) is 0 Å². The van der Waals surface area contributed by atoms with E-state index in [0.29, 0.717) is 19.4 Å². The monoisotopic (exact) mass is 352 g/mol. The van der Waals surface area contributed by atoms with Crippen LogP contribution in [-0.2, 0) is 22.6 Å². The molecular weight excluding hydrogens is 324 g/mol. The van der Waals surface area contributed by atoms with Crippen LogP contribution in [0.15, 0.2) is 48.5 Å². The van der Waals surface area contributed by atoms with Gasteiger partial charge < -0.3 is 10.2 Å². The molecule has 0 aliphatic rings. The molecular formula is C22H28N2O2. The largest absolute Gasteiger partial charge is 0.357 e. The third kappa shape index (κ3) is 4.72. The second-order valence-corrected chi connectivity index (χ2v) is 6.59. The number of nitrogens with zero attached hydrogens (tertiary/aromatic N) is 1. The van der Waals surface area contributed by atoms with Gasteiger partial charge in [-0.3, -0.25) is 9.59 Å². The van der Waals surface area contributed by atoms with Crippen LogP contribution in [0.25, 0.3) is 0 Å².